The molecule has 2 heterocycles. The second kappa shape index (κ2) is 7.06. The van der Waals surface area contributed by atoms with E-state index in [-0.39, 0.29) is 12.5 Å². The lowest BCUT2D eigenvalue weighted by Crippen LogP contribution is -2.41. The third-order valence-corrected chi connectivity index (χ3v) is 4.55. The van der Waals surface area contributed by atoms with Crippen molar-refractivity contribution >= 4 is 11.8 Å². The van der Waals surface area contributed by atoms with Gasteiger partial charge in [-0.15, -0.1) is 5.01 Å². The Hall–Kier alpha value is -2.68. The first kappa shape index (κ1) is 17.2. The van der Waals surface area contributed by atoms with Gasteiger partial charge < -0.3 is 15.2 Å². The van der Waals surface area contributed by atoms with Gasteiger partial charge in [-0.3, -0.25) is 9.59 Å². The predicted octanol–water partition coefficient (Wildman–Crippen LogP) is 1.14. The summed E-state index contributed by atoms with van der Waals surface area (Å²) in [7, 11) is 0. The molecule has 134 valence electrons. The summed E-state index contributed by atoms with van der Waals surface area (Å²) in [6.45, 7) is 2.51. The van der Waals surface area contributed by atoms with E-state index in [0.717, 1.165) is 4.90 Å². The van der Waals surface area contributed by atoms with Crippen LogP contribution >= 0.6 is 0 Å². The standard InChI is InChI=1S/C16H20N4O5/c1-11(19-15(22)13-4-2-3-5-14(13)16(19)23)25-17-20(24)18-8-6-12(10-21)7-9-18/h2-5,11-12,21H,6-10H2,1H3/b20-17+. The van der Waals surface area contributed by atoms with Gasteiger partial charge in [-0.05, 0) is 37.8 Å². The molecule has 9 heteroatoms. The molecule has 3 rings (SSSR count). The highest BCUT2D eigenvalue weighted by Gasteiger charge is 2.39. The fourth-order valence-corrected chi connectivity index (χ4v) is 3.02. The molecule has 1 aromatic rings. The number of hydrazine groups is 1. The number of imide groups is 1. The molecule has 1 aromatic carbocycles. The highest BCUT2D eigenvalue weighted by atomic mass is 16.7. The first-order chi connectivity index (χ1) is 12.0. The topological polar surface area (TPSA) is 109 Å². The van der Waals surface area contributed by atoms with Gasteiger partial charge in [-0.2, -0.15) is 0 Å². The fraction of sp³-hybridized carbons (Fsp3) is 0.500. The van der Waals surface area contributed by atoms with E-state index in [2.05, 4.69) is 5.28 Å². The van der Waals surface area contributed by atoms with E-state index in [0.29, 0.717) is 42.0 Å². The number of piperidine rings is 1. The SMILES string of the molecule is CC(O/N=[N+](/[O-])N1CCC(CO)CC1)N1C(=O)c2ccccc2C1=O. The first-order valence-corrected chi connectivity index (χ1v) is 8.19. The molecule has 2 amide bonds. The predicted molar refractivity (Wildman–Crippen MR) is 84.9 cm³/mol. The molecule has 1 unspecified atom stereocenters. The summed E-state index contributed by atoms with van der Waals surface area (Å²) in [4.78, 5) is 31.0. The molecule has 1 atom stereocenters. The van der Waals surface area contributed by atoms with Crippen molar-refractivity contribution in [2.75, 3.05) is 19.7 Å². The van der Waals surface area contributed by atoms with Crippen molar-refractivity contribution < 1.29 is 24.5 Å². The van der Waals surface area contributed by atoms with Crippen LogP contribution in [0.5, 0.6) is 0 Å². The summed E-state index contributed by atoms with van der Waals surface area (Å²) in [5, 5.41) is 26.0. The molecule has 9 nitrogen and oxygen atoms in total. The quantitative estimate of drug-likeness (QED) is 0.370. The van der Waals surface area contributed by atoms with Crippen molar-refractivity contribution in [3.63, 3.8) is 0 Å². The maximum absolute atomic E-state index is 12.3. The second-order valence-electron chi connectivity index (χ2n) is 6.14. The Morgan fingerprint density at radius 1 is 1.28 bits per heavy atom. The van der Waals surface area contributed by atoms with Crippen LogP contribution in [0.25, 0.3) is 0 Å². The number of rotatable bonds is 5. The molecule has 0 saturated carbocycles. The normalized spacial score (nSPS) is 20.0. The zero-order valence-corrected chi connectivity index (χ0v) is 13.9. The van der Waals surface area contributed by atoms with E-state index >= 15 is 0 Å². The highest BCUT2D eigenvalue weighted by Crippen LogP contribution is 2.25. The van der Waals surface area contributed by atoms with Crippen molar-refractivity contribution in [2.45, 2.75) is 26.0 Å². The number of carbonyl (C=O) groups excluding carboxylic acids is 2. The van der Waals surface area contributed by atoms with E-state index < -0.39 is 18.0 Å². The third-order valence-electron chi connectivity index (χ3n) is 4.55. The lowest BCUT2D eigenvalue weighted by Gasteiger charge is -2.27. The number of amides is 2. The number of aliphatic hydroxyl groups is 1. The van der Waals surface area contributed by atoms with Gasteiger partial charge in [0.05, 0.1) is 29.2 Å². The Labute approximate surface area is 144 Å². The van der Waals surface area contributed by atoms with Crippen molar-refractivity contribution in [3.05, 3.63) is 40.6 Å². The number of nitrogens with zero attached hydrogens (tertiary/aromatic N) is 4. The number of carbonyl (C=O) groups is 2. The van der Waals surface area contributed by atoms with Crippen LogP contribution in [-0.2, 0) is 4.84 Å². The minimum atomic E-state index is -1.00. The summed E-state index contributed by atoms with van der Waals surface area (Å²) in [5.74, 6) is -0.739. The molecule has 1 fully saturated rings. The summed E-state index contributed by atoms with van der Waals surface area (Å²) in [6, 6.07) is 6.51. The molecule has 1 N–H and O–H groups in total. The smallest absolute Gasteiger partial charge is 0.264 e. The molecular weight excluding hydrogens is 328 g/mol. The van der Waals surface area contributed by atoms with E-state index in [1.807, 2.05) is 0 Å². The Balaban J connectivity index is 1.62. The maximum atomic E-state index is 12.3. The van der Waals surface area contributed by atoms with Crippen molar-refractivity contribution in [2.24, 2.45) is 11.2 Å². The van der Waals surface area contributed by atoms with Crippen LogP contribution in [-0.4, -0.2) is 57.7 Å². The number of hydrogen-bond acceptors (Lipinski definition) is 6. The van der Waals surface area contributed by atoms with Crippen molar-refractivity contribution in [3.8, 4) is 0 Å². The van der Waals surface area contributed by atoms with Crippen LogP contribution in [0.2, 0.25) is 0 Å². The minimum Gasteiger partial charge on any atom is -0.569 e. The Bertz CT molecular complexity index is 665. The third kappa shape index (κ3) is 3.27. The van der Waals surface area contributed by atoms with E-state index in [1.54, 1.807) is 24.3 Å². The molecule has 0 aromatic heterocycles. The highest BCUT2D eigenvalue weighted by molar-refractivity contribution is 6.21. The molecular formula is C16H20N4O5. The average Bonchev–Trinajstić information content (AvgIpc) is 2.90. The van der Waals surface area contributed by atoms with Gasteiger partial charge >= 0.3 is 0 Å². The van der Waals surface area contributed by atoms with E-state index in [4.69, 9.17) is 9.94 Å². The summed E-state index contributed by atoms with van der Waals surface area (Å²) < 4.78 is 0. The second-order valence-corrected chi connectivity index (χ2v) is 6.14. The lowest BCUT2D eigenvalue weighted by molar-refractivity contribution is -0.714. The van der Waals surface area contributed by atoms with Crippen LogP contribution in [0.3, 0.4) is 0 Å². The summed E-state index contributed by atoms with van der Waals surface area (Å²) in [5.41, 5.74) is 0.626. The van der Waals surface area contributed by atoms with Crippen LogP contribution in [0, 0.1) is 11.1 Å². The van der Waals surface area contributed by atoms with Crippen LogP contribution < -0.4 is 0 Å². The summed E-state index contributed by atoms with van der Waals surface area (Å²) in [6.07, 6.45) is 0.385. The molecule has 0 bridgehead atoms. The Morgan fingerprint density at radius 3 is 2.36 bits per heavy atom. The zero-order chi connectivity index (χ0) is 18.0. The monoisotopic (exact) mass is 348 g/mol. The zero-order valence-electron chi connectivity index (χ0n) is 13.9. The van der Waals surface area contributed by atoms with Gasteiger partial charge in [0.2, 0.25) is 11.5 Å². The van der Waals surface area contributed by atoms with Crippen LogP contribution in [0.4, 0.5) is 0 Å². The van der Waals surface area contributed by atoms with Gasteiger partial charge in [0.1, 0.15) is 0 Å². The van der Waals surface area contributed by atoms with Crippen LogP contribution in [0.1, 0.15) is 40.5 Å². The molecule has 25 heavy (non-hydrogen) atoms. The lowest BCUT2D eigenvalue weighted by atomic mass is 9.99. The number of fused-ring (bicyclic) bond motifs is 1. The molecule has 1 saturated heterocycles. The first-order valence-electron chi connectivity index (χ1n) is 8.19. The summed E-state index contributed by atoms with van der Waals surface area (Å²) >= 11 is 0. The average molecular weight is 348 g/mol. The van der Waals surface area contributed by atoms with Gasteiger partial charge in [-0.1, -0.05) is 12.1 Å². The molecule has 0 spiro atoms. The molecule has 2 aliphatic heterocycles. The maximum Gasteiger partial charge on any atom is 0.264 e. The van der Waals surface area contributed by atoms with Crippen molar-refractivity contribution in [1.29, 1.82) is 0 Å². The number of aliphatic hydroxyl groups excluding tert-OH is 1. The van der Waals surface area contributed by atoms with Crippen LogP contribution in [0.15, 0.2) is 29.5 Å². The van der Waals surface area contributed by atoms with Crippen molar-refractivity contribution in [1.82, 2.24) is 9.91 Å². The van der Waals surface area contributed by atoms with Gasteiger partial charge in [0.25, 0.3) is 11.8 Å². The molecule has 2 aliphatic rings. The molecule has 0 radical (unpaired) electrons. The molecule has 0 aliphatic carbocycles. The largest absolute Gasteiger partial charge is 0.569 e. The van der Waals surface area contributed by atoms with E-state index in [1.165, 1.54) is 11.9 Å². The minimum absolute atomic E-state index is 0.108. The fourth-order valence-electron chi connectivity index (χ4n) is 3.02. The Kier molecular flexibility index (Phi) is 4.84. The Morgan fingerprint density at radius 2 is 1.84 bits per heavy atom. The van der Waals surface area contributed by atoms with E-state index in [9.17, 15) is 14.8 Å². The number of benzene rings is 1. The van der Waals surface area contributed by atoms with Gasteiger partial charge in [0, 0.05) is 6.61 Å². The number of hydrogen-bond donors (Lipinski definition) is 1. The van der Waals surface area contributed by atoms with Gasteiger partial charge in [0.15, 0.2) is 0 Å². The van der Waals surface area contributed by atoms with Gasteiger partial charge in [-0.25, -0.2) is 4.90 Å².